The second-order valence-electron chi connectivity index (χ2n) is 11.5. The molecule has 4 N–H and O–H groups in total. The van der Waals surface area contributed by atoms with Crippen LogP contribution >= 0.6 is 0 Å². The van der Waals surface area contributed by atoms with Crippen LogP contribution in [0.4, 0.5) is 17.6 Å². The first-order chi connectivity index (χ1) is 21.5. The van der Waals surface area contributed by atoms with Crippen molar-refractivity contribution < 1.29 is 4.79 Å². The van der Waals surface area contributed by atoms with Gasteiger partial charge in [-0.2, -0.15) is 19.6 Å². The average molecular weight is 590 g/mol. The number of fused-ring (bicyclic) bond motifs is 2. The second-order valence-corrected chi connectivity index (χ2v) is 11.5. The number of hydrogen-bond donors (Lipinski definition) is 4. The minimum absolute atomic E-state index is 0.154. The van der Waals surface area contributed by atoms with Crippen LogP contribution < -0.4 is 21.3 Å². The molecule has 1 saturated heterocycles. The van der Waals surface area contributed by atoms with Gasteiger partial charge in [0.15, 0.2) is 5.65 Å². The van der Waals surface area contributed by atoms with Gasteiger partial charge in [-0.1, -0.05) is 50.3 Å². The Morgan fingerprint density at radius 1 is 1.09 bits per heavy atom. The summed E-state index contributed by atoms with van der Waals surface area (Å²) < 4.78 is 1.80. The van der Waals surface area contributed by atoms with Crippen LogP contribution in [0, 0.1) is 5.92 Å². The number of amides is 1. The number of nitrogens with one attached hydrogen (secondary N) is 4. The number of carbonyl (C=O) groups excluding carboxylic acids is 1. The summed E-state index contributed by atoms with van der Waals surface area (Å²) in [5.74, 6) is 1.98. The standard InChI is InChI=1S/C34H39N9O/c1-4-7-30(44)40-26-10-11-28-24(18-26)14-17-36-31(28)27-9-6-5-8-25(27)20-38-34-42-33(37-19-23-12-15-35-16-13-23)41-32-29(22(2)3)21-39-43(32)34/h4-11,14,17-18,21-23,35H,12-13,15-16,19-20H2,1-3H3,(H,40,44)(H2,37,38,41,42)/b7-4+. The van der Waals surface area contributed by atoms with Gasteiger partial charge >= 0.3 is 0 Å². The molecule has 1 fully saturated rings. The van der Waals surface area contributed by atoms with Crippen LogP contribution in [0.25, 0.3) is 27.7 Å². The van der Waals surface area contributed by atoms with Gasteiger partial charge in [-0.05, 0) is 79.9 Å². The number of piperidine rings is 1. The summed E-state index contributed by atoms with van der Waals surface area (Å²) in [6.07, 6.45) is 9.23. The molecule has 0 unspecified atom stereocenters. The van der Waals surface area contributed by atoms with Gasteiger partial charge in [-0.25, -0.2) is 0 Å². The maximum absolute atomic E-state index is 12.1. The summed E-state index contributed by atoms with van der Waals surface area (Å²) in [6.45, 7) is 9.60. The van der Waals surface area contributed by atoms with Gasteiger partial charge in [-0.15, -0.1) is 0 Å². The van der Waals surface area contributed by atoms with Crippen molar-refractivity contribution in [3.8, 4) is 11.3 Å². The van der Waals surface area contributed by atoms with Gasteiger partial charge in [0.1, 0.15) is 0 Å². The highest BCUT2D eigenvalue weighted by atomic mass is 16.1. The van der Waals surface area contributed by atoms with Crippen molar-refractivity contribution in [1.29, 1.82) is 0 Å². The SMILES string of the molecule is C/C=C/C(=O)Nc1ccc2c(-c3ccccc3CNc3nc(NCC4CCNCC4)nc4c(C(C)C)cnn34)nccc2c1. The van der Waals surface area contributed by atoms with E-state index >= 15 is 0 Å². The molecule has 4 heterocycles. The third-order valence-electron chi connectivity index (χ3n) is 8.08. The number of hydrogen-bond acceptors (Lipinski definition) is 8. The normalized spacial score (nSPS) is 14.1. The molecule has 10 nitrogen and oxygen atoms in total. The van der Waals surface area contributed by atoms with E-state index in [4.69, 9.17) is 15.0 Å². The Morgan fingerprint density at radius 3 is 2.75 bits per heavy atom. The van der Waals surface area contributed by atoms with E-state index in [0.29, 0.717) is 24.4 Å². The molecule has 1 aliphatic rings. The molecule has 6 rings (SSSR count). The highest BCUT2D eigenvalue weighted by molar-refractivity contribution is 6.02. The molecule has 1 aliphatic heterocycles. The van der Waals surface area contributed by atoms with Gasteiger partial charge in [0, 0.05) is 41.5 Å². The Bertz CT molecular complexity index is 1800. The van der Waals surface area contributed by atoms with E-state index < -0.39 is 0 Å². The van der Waals surface area contributed by atoms with Crippen LogP contribution in [0.3, 0.4) is 0 Å². The van der Waals surface area contributed by atoms with E-state index in [-0.39, 0.29) is 11.8 Å². The summed E-state index contributed by atoms with van der Waals surface area (Å²) in [5.41, 5.74) is 5.61. The Hall–Kier alpha value is -4.83. The molecule has 10 heteroatoms. The lowest BCUT2D eigenvalue weighted by Gasteiger charge is -2.22. The summed E-state index contributed by atoms with van der Waals surface area (Å²) in [4.78, 5) is 26.6. The molecule has 1 amide bonds. The predicted molar refractivity (Wildman–Crippen MR) is 177 cm³/mol. The third-order valence-corrected chi connectivity index (χ3v) is 8.08. The number of carbonyl (C=O) groups is 1. The summed E-state index contributed by atoms with van der Waals surface area (Å²) >= 11 is 0. The summed E-state index contributed by atoms with van der Waals surface area (Å²) in [6, 6.07) is 16.1. The van der Waals surface area contributed by atoms with E-state index in [1.54, 1.807) is 10.6 Å². The topological polar surface area (TPSA) is 121 Å². The molecule has 0 aliphatic carbocycles. The van der Waals surface area contributed by atoms with E-state index in [1.807, 2.05) is 55.7 Å². The molecule has 0 saturated carbocycles. The Morgan fingerprint density at radius 2 is 1.93 bits per heavy atom. The maximum atomic E-state index is 12.1. The zero-order chi connectivity index (χ0) is 30.5. The van der Waals surface area contributed by atoms with Crippen LogP contribution in [-0.2, 0) is 11.3 Å². The number of aromatic nitrogens is 5. The summed E-state index contributed by atoms with van der Waals surface area (Å²) in [7, 11) is 0. The van der Waals surface area contributed by atoms with Crippen LogP contribution in [0.5, 0.6) is 0 Å². The number of pyridine rings is 1. The lowest BCUT2D eigenvalue weighted by molar-refractivity contribution is -0.111. The smallest absolute Gasteiger partial charge is 0.248 e. The van der Waals surface area contributed by atoms with Crippen molar-refractivity contribution in [3.05, 3.63) is 84.2 Å². The minimum atomic E-state index is -0.154. The highest BCUT2D eigenvalue weighted by Gasteiger charge is 2.18. The molecular weight excluding hydrogens is 550 g/mol. The molecule has 0 bridgehead atoms. The van der Waals surface area contributed by atoms with Crippen molar-refractivity contribution in [3.63, 3.8) is 0 Å². The van der Waals surface area contributed by atoms with Crippen molar-refractivity contribution >= 4 is 39.9 Å². The largest absolute Gasteiger partial charge is 0.354 e. The molecule has 0 radical (unpaired) electrons. The lowest BCUT2D eigenvalue weighted by atomic mass is 9.98. The summed E-state index contributed by atoms with van der Waals surface area (Å²) in [5, 5.41) is 20.1. The number of nitrogens with zero attached hydrogens (tertiary/aromatic N) is 5. The fraction of sp³-hybridized carbons (Fsp3) is 0.324. The molecule has 44 heavy (non-hydrogen) atoms. The fourth-order valence-corrected chi connectivity index (χ4v) is 5.70. The molecular formula is C34H39N9O. The maximum Gasteiger partial charge on any atom is 0.248 e. The van der Waals surface area contributed by atoms with Gasteiger partial charge in [0.25, 0.3) is 0 Å². The van der Waals surface area contributed by atoms with Crippen molar-refractivity contribution in [2.24, 2.45) is 5.92 Å². The Balaban J connectivity index is 1.29. The molecule has 5 aromatic rings. The molecule has 3 aromatic heterocycles. The number of rotatable bonds is 10. The first-order valence-corrected chi connectivity index (χ1v) is 15.3. The molecule has 0 atom stereocenters. The Labute approximate surface area is 257 Å². The van der Waals surface area contributed by atoms with E-state index in [2.05, 4.69) is 52.3 Å². The first kappa shape index (κ1) is 29.3. The van der Waals surface area contributed by atoms with Crippen LogP contribution in [0.2, 0.25) is 0 Å². The zero-order valence-electron chi connectivity index (χ0n) is 25.5. The van der Waals surface area contributed by atoms with E-state index in [0.717, 1.165) is 77.0 Å². The Kier molecular flexibility index (Phi) is 8.79. The second kappa shape index (κ2) is 13.2. The number of allylic oxidation sites excluding steroid dienone is 1. The highest BCUT2D eigenvalue weighted by Crippen LogP contribution is 2.31. The molecule has 226 valence electrons. The zero-order valence-corrected chi connectivity index (χ0v) is 25.5. The van der Waals surface area contributed by atoms with Gasteiger partial charge in [0.2, 0.25) is 17.8 Å². The first-order valence-electron chi connectivity index (χ1n) is 15.3. The van der Waals surface area contributed by atoms with Gasteiger partial charge in [-0.3, -0.25) is 9.78 Å². The van der Waals surface area contributed by atoms with Crippen molar-refractivity contribution in [2.75, 3.05) is 35.6 Å². The van der Waals surface area contributed by atoms with Crippen LogP contribution in [0.15, 0.2) is 73.1 Å². The number of benzene rings is 2. The van der Waals surface area contributed by atoms with Gasteiger partial charge < -0.3 is 21.3 Å². The van der Waals surface area contributed by atoms with Crippen molar-refractivity contribution in [2.45, 2.75) is 46.1 Å². The fourth-order valence-electron chi connectivity index (χ4n) is 5.70. The minimum Gasteiger partial charge on any atom is -0.354 e. The van der Waals surface area contributed by atoms with Gasteiger partial charge in [0.05, 0.1) is 11.9 Å². The van der Waals surface area contributed by atoms with E-state index in [9.17, 15) is 4.79 Å². The van der Waals surface area contributed by atoms with E-state index in [1.165, 1.54) is 6.08 Å². The molecule has 0 spiro atoms. The third kappa shape index (κ3) is 6.40. The quantitative estimate of drug-likeness (QED) is 0.146. The van der Waals surface area contributed by atoms with Crippen LogP contribution in [0.1, 0.15) is 50.7 Å². The monoisotopic (exact) mass is 589 g/mol. The lowest BCUT2D eigenvalue weighted by Crippen LogP contribution is -2.31. The van der Waals surface area contributed by atoms with Crippen LogP contribution in [-0.4, -0.2) is 50.1 Å². The molecule has 2 aromatic carbocycles. The average Bonchev–Trinajstić information content (AvgIpc) is 3.48. The predicted octanol–water partition coefficient (Wildman–Crippen LogP) is 6.00. The van der Waals surface area contributed by atoms with Crippen molar-refractivity contribution in [1.82, 2.24) is 29.9 Å². The number of anilines is 3.